The predicted molar refractivity (Wildman–Crippen MR) is 114 cm³/mol. The summed E-state index contributed by atoms with van der Waals surface area (Å²) in [6, 6.07) is 17.3. The van der Waals surface area contributed by atoms with Crippen LogP contribution in [-0.4, -0.2) is 25.8 Å². The number of nitrogens with zero attached hydrogens (tertiary/aromatic N) is 4. The Kier molecular flexibility index (Phi) is 5.26. The molecule has 2 N–H and O–H groups in total. The molecule has 0 aliphatic rings. The number of aromatic nitrogens is 3. The summed E-state index contributed by atoms with van der Waals surface area (Å²) in [6.45, 7) is 2.36. The van der Waals surface area contributed by atoms with Gasteiger partial charge in [0.05, 0.1) is 5.52 Å². The van der Waals surface area contributed by atoms with Crippen molar-refractivity contribution < 1.29 is 9.90 Å². The van der Waals surface area contributed by atoms with Gasteiger partial charge >= 0.3 is 5.91 Å². The molecule has 0 atom stereocenters. The molecule has 146 valence electrons. The molecule has 0 saturated heterocycles. The molecule has 0 fully saturated rings. The van der Waals surface area contributed by atoms with Crippen LogP contribution in [0.25, 0.3) is 10.9 Å². The Morgan fingerprint density at radius 3 is 2.72 bits per heavy atom. The molecule has 2 aromatic carbocycles. The largest absolute Gasteiger partial charge is 0.493 e. The molecule has 29 heavy (non-hydrogen) atoms. The fraction of sp³-hybridized carbons (Fsp3) is 0.143. The third-order valence-corrected chi connectivity index (χ3v) is 5.10. The van der Waals surface area contributed by atoms with Crippen molar-refractivity contribution in [2.75, 3.05) is 0 Å². The number of azo groups is 1. The quantitative estimate of drug-likeness (QED) is 0.402. The maximum atomic E-state index is 12.2. The summed E-state index contributed by atoms with van der Waals surface area (Å²) in [4.78, 5) is 12.2. The molecule has 0 saturated carbocycles. The maximum Gasteiger partial charge on any atom is 0.315 e. The summed E-state index contributed by atoms with van der Waals surface area (Å²) >= 11 is 3.45. The molecule has 8 heteroatoms. The van der Waals surface area contributed by atoms with Gasteiger partial charge in [-0.1, -0.05) is 46.3 Å². The van der Waals surface area contributed by atoms with E-state index in [0.29, 0.717) is 11.9 Å². The molecule has 4 rings (SSSR count). The van der Waals surface area contributed by atoms with Crippen LogP contribution in [0.15, 0.2) is 69.3 Å². The van der Waals surface area contributed by atoms with Crippen LogP contribution in [0.4, 0.5) is 5.69 Å². The second-order valence-corrected chi connectivity index (χ2v) is 7.58. The summed E-state index contributed by atoms with van der Waals surface area (Å²) in [5.74, 6) is -0.599. The first-order chi connectivity index (χ1) is 14.0. The van der Waals surface area contributed by atoms with Crippen molar-refractivity contribution in [3.05, 3.63) is 76.0 Å². The molecular formula is C21H18BrN5O2. The van der Waals surface area contributed by atoms with E-state index in [2.05, 4.69) is 36.4 Å². The van der Waals surface area contributed by atoms with Gasteiger partial charge in [0.25, 0.3) is 0 Å². The van der Waals surface area contributed by atoms with Gasteiger partial charge in [-0.25, -0.2) is 0 Å². The predicted octanol–water partition coefficient (Wildman–Crippen LogP) is 5.31. The Labute approximate surface area is 175 Å². The van der Waals surface area contributed by atoms with Crippen LogP contribution in [0, 0.1) is 6.92 Å². The number of benzene rings is 2. The second kappa shape index (κ2) is 8.00. The Bertz CT molecular complexity index is 1210. The van der Waals surface area contributed by atoms with Crippen molar-refractivity contribution in [1.82, 2.24) is 14.8 Å². The highest BCUT2D eigenvalue weighted by Crippen LogP contribution is 2.40. The first-order valence-electron chi connectivity index (χ1n) is 9.05. The van der Waals surface area contributed by atoms with Crippen molar-refractivity contribution in [2.24, 2.45) is 10.2 Å². The summed E-state index contributed by atoms with van der Waals surface area (Å²) in [5, 5.41) is 26.0. The summed E-state index contributed by atoms with van der Waals surface area (Å²) in [7, 11) is 0. The molecule has 2 aromatic heterocycles. The Morgan fingerprint density at radius 2 is 2.00 bits per heavy atom. The summed E-state index contributed by atoms with van der Waals surface area (Å²) in [6.07, 6.45) is 0.746. The van der Waals surface area contributed by atoms with Gasteiger partial charge in [-0.2, -0.15) is 5.10 Å². The average Bonchev–Trinajstić information content (AvgIpc) is 3.26. The van der Waals surface area contributed by atoms with E-state index < -0.39 is 5.91 Å². The SMILES string of the molecule is Cc1cc(C(=O)N=Nc2c(O)n(CCc3ccccc3)c3ccc(Br)cc23)n[nH]1. The molecule has 0 aliphatic heterocycles. The zero-order valence-electron chi connectivity index (χ0n) is 15.6. The summed E-state index contributed by atoms with van der Waals surface area (Å²) < 4.78 is 2.63. The number of halogens is 1. The van der Waals surface area contributed by atoms with E-state index in [-0.39, 0.29) is 17.3 Å². The molecule has 7 nitrogen and oxygen atoms in total. The lowest BCUT2D eigenvalue weighted by Gasteiger charge is -2.07. The third-order valence-electron chi connectivity index (χ3n) is 4.60. The van der Waals surface area contributed by atoms with Crippen LogP contribution in [-0.2, 0) is 13.0 Å². The van der Waals surface area contributed by atoms with E-state index in [1.165, 1.54) is 0 Å². The van der Waals surface area contributed by atoms with Crippen molar-refractivity contribution in [1.29, 1.82) is 0 Å². The van der Waals surface area contributed by atoms with Gasteiger partial charge < -0.3 is 9.67 Å². The van der Waals surface area contributed by atoms with Gasteiger partial charge in [0.15, 0.2) is 11.4 Å². The number of H-pyrrole nitrogens is 1. The van der Waals surface area contributed by atoms with Gasteiger partial charge in [0.1, 0.15) is 0 Å². The van der Waals surface area contributed by atoms with Gasteiger partial charge in [0, 0.05) is 22.1 Å². The number of aryl methyl sites for hydroxylation is 3. The number of aromatic amines is 1. The molecule has 1 amide bonds. The smallest absolute Gasteiger partial charge is 0.315 e. The topological polar surface area (TPSA) is 95.6 Å². The standard InChI is InChI=1S/C21H18BrN5O2/c1-13-11-17(24-23-13)20(28)26-25-19-16-12-15(22)7-8-18(16)27(21(19)29)10-9-14-5-3-2-4-6-14/h2-8,11-12,29H,9-10H2,1H3,(H,23,24). The number of fused-ring (bicyclic) bond motifs is 1. The lowest BCUT2D eigenvalue weighted by Crippen LogP contribution is -2.00. The number of rotatable bonds is 5. The fourth-order valence-corrected chi connectivity index (χ4v) is 3.54. The summed E-state index contributed by atoms with van der Waals surface area (Å²) in [5.41, 5.74) is 3.18. The maximum absolute atomic E-state index is 12.2. The van der Waals surface area contributed by atoms with Gasteiger partial charge in [-0.15, -0.1) is 10.2 Å². The highest BCUT2D eigenvalue weighted by molar-refractivity contribution is 9.10. The first-order valence-corrected chi connectivity index (χ1v) is 9.85. The van der Waals surface area contributed by atoms with Gasteiger partial charge in [0.2, 0.25) is 5.88 Å². The highest BCUT2D eigenvalue weighted by Gasteiger charge is 2.18. The van der Waals surface area contributed by atoms with Crippen LogP contribution in [0.3, 0.4) is 0 Å². The zero-order chi connectivity index (χ0) is 20.4. The molecule has 4 aromatic rings. The molecule has 0 aliphatic carbocycles. The fourth-order valence-electron chi connectivity index (χ4n) is 3.18. The van der Waals surface area contributed by atoms with Crippen molar-refractivity contribution >= 4 is 38.4 Å². The number of carbonyl (C=O) groups excluding carboxylic acids is 1. The van der Waals surface area contributed by atoms with E-state index >= 15 is 0 Å². The minimum atomic E-state index is -0.575. The van der Waals surface area contributed by atoms with E-state index in [0.717, 1.165) is 27.7 Å². The Hall–Kier alpha value is -3.26. The highest BCUT2D eigenvalue weighted by atomic mass is 79.9. The number of carbonyl (C=O) groups is 1. The van der Waals surface area contributed by atoms with Crippen molar-refractivity contribution in [3.63, 3.8) is 0 Å². The van der Waals surface area contributed by atoms with Crippen LogP contribution in [0.2, 0.25) is 0 Å². The van der Waals surface area contributed by atoms with Crippen LogP contribution in [0.5, 0.6) is 5.88 Å². The monoisotopic (exact) mass is 451 g/mol. The van der Waals surface area contributed by atoms with Crippen LogP contribution >= 0.6 is 15.9 Å². The normalized spacial score (nSPS) is 11.5. The molecule has 0 unspecified atom stereocenters. The number of aromatic hydroxyl groups is 1. The van der Waals surface area contributed by atoms with Crippen molar-refractivity contribution in [3.8, 4) is 5.88 Å². The van der Waals surface area contributed by atoms with E-state index in [9.17, 15) is 9.90 Å². The Morgan fingerprint density at radius 1 is 1.21 bits per heavy atom. The molecule has 0 radical (unpaired) electrons. The van der Waals surface area contributed by atoms with E-state index in [1.54, 1.807) is 17.6 Å². The van der Waals surface area contributed by atoms with Gasteiger partial charge in [-0.05, 0) is 43.2 Å². The second-order valence-electron chi connectivity index (χ2n) is 6.66. The lowest BCUT2D eigenvalue weighted by molar-refractivity contribution is 0.0990. The van der Waals surface area contributed by atoms with Crippen LogP contribution < -0.4 is 0 Å². The molecular weight excluding hydrogens is 434 g/mol. The van der Waals surface area contributed by atoms with Crippen molar-refractivity contribution in [2.45, 2.75) is 19.9 Å². The third kappa shape index (κ3) is 3.97. The first kappa shape index (κ1) is 19.1. The molecule has 0 spiro atoms. The minimum Gasteiger partial charge on any atom is -0.493 e. The minimum absolute atomic E-state index is 0.0243. The zero-order valence-corrected chi connectivity index (χ0v) is 17.2. The Balaban J connectivity index is 1.69. The van der Waals surface area contributed by atoms with E-state index in [1.807, 2.05) is 48.5 Å². The molecule has 2 heterocycles. The van der Waals surface area contributed by atoms with Crippen LogP contribution in [0.1, 0.15) is 21.7 Å². The number of amides is 1. The molecule has 0 bridgehead atoms. The number of nitrogens with one attached hydrogen (secondary N) is 1. The average molecular weight is 452 g/mol. The lowest BCUT2D eigenvalue weighted by atomic mass is 10.1. The number of hydrogen-bond acceptors (Lipinski definition) is 4. The number of hydrogen-bond donors (Lipinski definition) is 2. The van der Waals surface area contributed by atoms with E-state index in [4.69, 9.17) is 0 Å². The van der Waals surface area contributed by atoms with Gasteiger partial charge in [-0.3, -0.25) is 9.89 Å².